The summed E-state index contributed by atoms with van der Waals surface area (Å²) in [4.78, 5) is 9.68. The van der Waals surface area contributed by atoms with Crippen LogP contribution in [0.4, 0.5) is 11.6 Å². The fourth-order valence-corrected chi connectivity index (χ4v) is 2.74. The number of nitro benzene ring substituents is 1. The van der Waals surface area contributed by atoms with Crippen molar-refractivity contribution in [1.29, 1.82) is 0 Å². The highest BCUT2D eigenvalue weighted by atomic mass is 32.2. The average molecular weight is 297 g/mol. The SMILES string of the molecule is Cc1noc(NS(=O)(=O)c2ccccc2[N+](=O)[O-])c1C. The van der Waals surface area contributed by atoms with E-state index in [4.69, 9.17) is 4.52 Å². The van der Waals surface area contributed by atoms with Crippen LogP contribution in [0.3, 0.4) is 0 Å². The number of hydrogen-bond donors (Lipinski definition) is 1. The van der Waals surface area contributed by atoms with Crippen LogP contribution in [0.2, 0.25) is 0 Å². The Kier molecular flexibility index (Phi) is 3.45. The van der Waals surface area contributed by atoms with Gasteiger partial charge in [-0.1, -0.05) is 17.3 Å². The summed E-state index contributed by atoms with van der Waals surface area (Å²) in [6.45, 7) is 3.28. The van der Waals surface area contributed by atoms with Crippen molar-refractivity contribution in [2.75, 3.05) is 4.72 Å². The van der Waals surface area contributed by atoms with Gasteiger partial charge in [0.1, 0.15) is 0 Å². The van der Waals surface area contributed by atoms with Crippen molar-refractivity contribution in [3.63, 3.8) is 0 Å². The van der Waals surface area contributed by atoms with Crippen molar-refractivity contribution in [3.8, 4) is 0 Å². The van der Waals surface area contributed by atoms with Crippen molar-refractivity contribution >= 4 is 21.6 Å². The lowest BCUT2D eigenvalue weighted by atomic mass is 10.3. The number of para-hydroxylation sites is 1. The van der Waals surface area contributed by atoms with Crippen molar-refractivity contribution in [3.05, 3.63) is 45.6 Å². The molecule has 1 N–H and O–H groups in total. The van der Waals surface area contributed by atoms with Gasteiger partial charge in [-0.2, -0.15) is 0 Å². The molecule has 9 heteroatoms. The molecular formula is C11H11N3O5S. The van der Waals surface area contributed by atoms with Gasteiger partial charge in [0.2, 0.25) is 5.88 Å². The van der Waals surface area contributed by atoms with Crippen LogP contribution < -0.4 is 4.72 Å². The first-order valence-electron chi connectivity index (χ1n) is 5.52. The van der Waals surface area contributed by atoms with Gasteiger partial charge in [0.05, 0.1) is 10.6 Å². The van der Waals surface area contributed by atoms with E-state index in [0.717, 1.165) is 12.1 Å². The lowest BCUT2D eigenvalue weighted by Gasteiger charge is -2.06. The first kappa shape index (κ1) is 14.0. The topological polar surface area (TPSA) is 115 Å². The van der Waals surface area contributed by atoms with Crippen molar-refractivity contribution in [2.24, 2.45) is 0 Å². The predicted octanol–water partition coefficient (Wildman–Crippen LogP) is 2.00. The molecule has 1 aromatic carbocycles. The zero-order valence-electron chi connectivity index (χ0n) is 10.7. The number of aryl methyl sites for hydroxylation is 1. The second-order valence-corrected chi connectivity index (χ2v) is 5.70. The van der Waals surface area contributed by atoms with E-state index in [0.29, 0.717) is 11.3 Å². The molecule has 0 unspecified atom stereocenters. The fourth-order valence-electron chi connectivity index (χ4n) is 1.52. The number of benzene rings is 1. The molecule has 1 aromatic heterocycles. The first-order chi connectivity index (χ1) is 9.33. The van der Waals surface area contributed by atoms with Gasteiger partial charge in [-0.3, -0.25) is 10.1 Å². The van der Waals surface area contributed by atoms with E-state index in [1.807, 2.05) is 0 Å². The highest BCUT2D eigenvalue weighted by molar-refractivity contribution is 7.92. The van der Waals surface area contributed by atoms with E-state index in [1.54, 1.807) is 13.8 Å². The molecule has 0 saturated carbocycles. The molecule has 0 bridgehead atoms. The molecule has 0 amide bonds. The second-order valence-electron chi connectivity index (χ2n) is 4.05. The Morgan fingerprint density at radius 2 is 1.95 bits per heavy atom. The number of nitrogens with zero attached hydrogens (tertiary/aromatic N) is 2. The molecule has 20 heavy (non-hydrogen) atoms. The smallest absolute Gasteiger partial charge is 0.289 e. The van der Waals surface area contributed by atoms with Crippen LogP contribution in [-0.4, -0.2) is 18.5 Å². The summed E-state index contributed by atoms with van der Waals surface area (Å²) >= 11 is 0. The molecule has 0 spiro atoms. The summed E-state index contributed by atoms with van der Waals surface area (Å²) in [6, 6.07) is 5.06. The number of hydrogen-bond acceptors (Lipinski definition) is 6. The third-order valence-corrected chi connectivity index (χ3v) is 4.11. The van der Waals surface area contributed by atoms with E-state index < -0.39 is 25.5 Å². The van der Waals surface area contributed by atoms with Crippen LogP contribution >= 0.6 is 0 Å². The zero-order chi connectivity index (χ0) is 14.9. The largest absolute Gasteiger partial charge is 0.337 e. The maximum absolute atomic E-state index is 12.2. The summed E-state index contributed by atoms with van der Waals surface area (Å²) in [5.74, 6) is -0.0550. The molecule has 2 rings (SSSR count). The van der Waals surface area contributed by atoms with Gasteiger partial charge < -0.3 is 4.52 Å². The number of sulfonamides is 1. The van der Waals surface area contributed by atoms with E-state index in [1.165, 1.54) is 12.1 Å². The summed E-state index contributed by atoms with van der Waals surface area (Å²) in [5.41, 5.74) is 0.548. The summed E-state index contributed by atoms with van der Waals surface area (Å²) in [5, 5.41) is 14.5. The maximum atomic E-state index is 12.2. The van der Waals surface area contributed by atoms with Gasteiger partial charge in [0.15, 0.2) is 4.90 Å². The Bertz CT molecular complexity index is 766. The predicted molar refractivity (Wildman–Crippen MR) is 69.9 cm³/mol. The molecule has 1 heterocycles. The third-order valence-electron chi connectivity index (χ3n) is 2.74. The Morgan fingerprint density at radius 1 is 1.30 bits per heavy atom. The summed E-state index contributed by atoms with van der Waals surface area (Å²) in [7, 11) is -4.12. The van der Waals surface area contributed by atoms with Gasteiger partial charge in [0.25, 0.3) is 15.7 Å². The fraction of sp³-hybridized carbons (Fsp3) is 0.182. The molecule has 106 valence electrons. The molecular weight excluding hydrogens is 286 g/mol. The average Bonchev–Trinajstić information content (AvgIpc) is 2.70. The number of nitrogens with one attached hydrogen (secondary N) is 1. The third kappa shape index (κ3) is 2.48. The van der Waals surface area contributed by atoms with Crippen LogP contribution in [0.1, 0.15) is 11.3 Å². The number of nitro groups is 1. The molecule has 0 saturated heterocycles. The molecule has 0 radical (unpaired) electrons. The molecule has 2 aromatic rings. The first-order valence-corrected chi connectivity index (χ1v) is 7.00. The summed E-state index contributed by atoms with van der Waals surface area (Å²) in [6.07, 6.45) is 0. The summed E-state index contributed by atoms with van der Waals surface area (Å²) < 4.78 is 31.4. The van der Waals surface area contributed by atoms with E-state index >= 15 is 0 Å². The van der Waals surface area contributed by atoms with E-state index in [-0.39, 0.29) is 5.88 Å². The normalized spacial score (nSPS) is 11.3. The van der Waals surface area contributed by atoms with E-state index in [9.17, 15) is 18.5 Å². The van der Waals surface area contributed by atoms with Gasteiger partial charge in [-0.05, 0) is 19.9 Å². The monoisotopic (exact) mass is 297 g/mol. The standard InChI is InChI=1S/C11H11N3O5S/c1-7-8(2)12-19-11(7)13-20(17,18)10-6-4-3-5-9(10)14(15)16/h3-6,13H,1-2H3. The van der Waals surface area contributed by atoms with Crippen LogP contribution in [0.25, 0.3) is 0 Å². The highest BCUT2D eigenvalue weighted by Crippen LogP contribution is 2.27. The number of rotatable bonds is 4. The van der Waals surface area contributed by atoms with Crippen LogP contribution in [-0.2, 0) is 10.0 Å². The molecule has 8 nitrogen and oxygen atoms in total. The number of anilines is 1. The molecule has 0 fully saturated rings. The van der Waals surface area contributed by atoms with Gasteiger partial charge in [0, 0.05) is 11.6 Å². The Balaban J connectivity index is 2.46. The second kappa shape index (κ2) is 4.93. The van der Waals surface area contributed by atoms with Gasteiger partial charge in [-0.25, -0.2) is 13.1 Å². The lowest BCUT2D eigenvalue weighted by Crippen LogP contribution is -2.14. The van der Waals surface area contributed by atoms with E-state index in [2.05, 4.69) is 9.88 Å². The highest BCUT2D eigenvalue weighted by Gasteiger charge is 2.27. The minimum atomic E-state index is -4.12. The van der Waals surface area contributed by atoms with Gasteiger partial charge >= 0.3 is 0 Å². The zero-order valence-corrected chi connectivity index (χ0v) is 11.5. The molecule has 0 aliphatic rings. The van der Waals surface area contributed by atoms with Crippen LogP contribution in [0, 0.1) is 24.0 Å². The van der Waals surface area contributed by atoms with Crippen LogP contribution in [0.15, 0.2) is 33.7 Å². The number of aromatic nitrogens is 1. The maximum Gasteiger partial charge on any atom is 0.289 e. The quantitative estimate of drug-likeness (QED) is 0.681. The molecule has 0 aliphatic carbocycles. The molecule has 0 aliphatic heterocycles. The minimum Gasteiger partial charge on any atom is -0.337 e. The minimum absolute atomic E-state index is 0.0550. The molecule has 0 atom stereocenters. The van der Waals surface area contributed by atoms with Gasteiger partial charge in [-0.15, -0.1) is 0 Å². The van der Waals surface area contributed by atoms with Crippen molar-refractivity contribution in [2.45, 2.75) is 18.7 Å². The van der Waals surface area contributed by atoms with Crippen molar-refractivity contribution in [1.82, 2.24) is 5.16 Å². The van der Waals surface area contributed by atoms with Crippen molar-refractivity contribution < 1.29 is 17.9 Å². The Labute approximate surface area is 114 Å². The Morgan fingerprint density at radius 3 is 2.50 bits per heavy atom. The Hall–Kier alpha value is -2.42. The lowest BCUT2D eigenvalue weighted by molar-refractivity contribution is -0.387. The van der Waals surface area contributed by atoms with Crippen LogP contribution in [0.5, 0.6) is 0 Å².